The standard InChI is InChI=1S/C26H32Cl2N2O4/c1-4-22(26(32)29-15-17(2)3)30(16-19-5-8-20(27)21(28)13-19)25(31)10-7-18-6-9-23-24(14-18)34-12-11-33-23/h5-6,8-9,13-14,17,22H,4,7,10-12,15-16H2,1-3H3,(H,29,32). The van der Waals surface area contributed by atoms with Gasteiger partial charge in [0.1, 0.15) is 19.3 Å². The van der Waals surface area contributed by atoms with E-state index in [4.69, 9.17) is 32.7 Å². The molecule has 0 saturated heterocycles. The minimum atomic E-state index is -0.582. The van der Waals surface area contributed by atoms with Crippen molar-refractivity contribution in [2.45, 2.75) is 52.6 Å². The quantitative estimate of drug-likeness (QED) is 0.476. The average Bonchev–Trinajstić information content (AvgIpc) is 2.83. The lowest BCUT2D eigenvalue weighted by molar-refractivity contribution is -0.141. The summed E-state index contributed by atoms with van der Waals surface area (Å²) in [7, 11) is 0. The fourth-order valence-electron chi connectivity index (χ4n) is 3.81. The molecule has 1 atom stereocenters. The molecule has 8 heteroatoms. The molecule has 1 aliphatic heterocycles. The maximum absolute atomic E-state index is 13.4. The third-order valence-corrected chi connectivity index (χ3v) is 6.38. The Morgan fingerprint density at radius 3 is 2.38 bits per heavy atom. The number of amides is 2. The molecule has 3 rings (SSSR count). The van der Waals surface area contributed by atoms with Crippen molar-refractivity contribution in [2.24, 2.45) is 5.92 Å². The molecule has 0 radical (unpaired) electrons. The predicted octanol–water partition coefficient (Wildman–Crippen LogP) is 5.28. The maximum Gasteiger partial charge on any atom is 0.242 e. The van der Waals surface area contributed by atoms with Crippen molar-refractivity contribution in [1.29, 1.82) is 0 Å². The Balaban J connectivity index is 1.77. The van der Waals surface area contributed by atoms with E-state index in [-0.39, 0.29) is 24.8 Å². The molecule has 1 aliphatic rings. The second kappa shape index (κ2) is 12.3. The van der Waals surface area contributed by atoms with E-state index in [1.54, 1.807) is 17.0 Å². The van der Waals surface area contributed by atoms with Crippen LogP contribution in [0.15, 0.2) is 36.4 Å². The molecule has 1 unspecified atom stereocenters. The summed E-state index contributed by atoms with van der Waals surface area (Å²) in [6, 6.07) is 10.4. The van der Waals surface area contributed by atoms with Crippen molar-refractivity contribution in [3.63, 3.8) is 0 Å². The SMILES string of the molecule is CCC(C(=O)NCC(C)C)N(Cc1ccc(Cl)c(Cl)c1)C(=O)CCc1ccc2c(c1)OCCO2. The number of fused-ring (bicyclic) bond motifs is 1. The molecule has 184 valence electrons. The topological polar surface area (TPSA) is 67.9 Å². The van der Waals surface area contributed by atoms with E-state index in [2.05, 4.69) is 5.32 Å². The Morgan fingerprint density at radius 1 is 1.00 bits per heavy atom. The van der Waals surface area contributed by atoms with Gasteiger partial charge in [0.2, 0.25) is 11.8 Å². The molecule has 2 aromatic rings. The molecule has 34 heavy (non-hydrogen) atoms. The monoisotopic (exact) mass is 506 g/mol. The number of nitrogens with one attached hydrogen (secondary N) is 1. The minimum Gasteiger partial charge on any atom is -0.486 e. The largest absolute Gasteiger partial charge is 0.486 e. The molecular weight excluding hydrogens is 475 g/mol. The molecule has 1 heterocycles. The summed E-state index contributed by atoms with van der Waals surface area (Å²) in [6.07, 6.45) is 1.29. The Kier molecular flexibility index (Phi) is 9.48. The van der Waals surface area contributed by atoms with Gasteiger partial charge in [-0.05, 0) is 54.2 Å². The highest BCUT2D eigenvalue weighted by atomic mass is 35.5. The fourth-order valence-corrected chi connectivity index (χ4v) is 4.14. The number of carbonyl (C=O) groups is 2. The number of aryl methyl sites for hydroxylation is 1. The summed E-state index contributed by atoms with van der Waals surface area (Å²) in [4.78, 5) is 28.1. The van der Waals surface area contributed by atoms with Crippen LogP contribution in [0.1, 0.15) is 44.7 Å². The Bertz CT molecular complexity index is 1010. The maximum atomic E-state index is 13.4. The van der Waals surface area contributed by atoms with Gasteiger partial charge in [0.15, 0.2) is 11.5 Å². The van der Waals surface area contributed by atoms with E-state index in [1.165, 1.54) is 0 Å². The summed E-state index contributed by atoms with van der Waals surface area (Å²) < 4.78 is 11.2. The van der Waals surface area contributed by atoms with Crippen LogP contribution in [0.5, 0.6) is 11.5 Å². The van der Waals surface area contributed by atoms with Gasteiger partial charge in [-0.15, -0.1) is 0 Å². The number of hydrogen-bond donors (Lipinski definition) is 1. The molecule has 0 spiro atoms. The highest BCUT2D eigenvalue weighted by molar-refractivity contribution is 6.42. The normalized spacial score (nSPS) is 13.5. The number of benzene rings is 2. The molecule has 1 N–H and O–H groups in total. The van der Waals surface area contributed by atoms with Crippen LogP contribution in [0.2, 0.25) is 10.0 Å². The first kappa shape index (κ1) is 26.2. The average molecular weight is 507 g/mol. The van der Waals surface area contributed by atoms with Crippen LogP contribution in [-0.4, -0.2) is 42.5 Å². The minimum absolute atomic E-state index is 0.104. The molecule has 0 aromatic heterocycles. The molecule has 0 bridgehead atoms. The second-order valence-electron chi connectivity index (χ2n) is 8.81. The lowest BCUT2D eigenvalue weighted by atomic mass is 10.1. The first-order chi connectivity index (χ1) is 16.3. The molecule has 6 nitrogen and oxygen atoms in total. The third kappa shape index (κ3) is 7.03. The smallest absolute Gasteiger partial charge is 0.242 e. The van der Waals surface area contributed by atoms with Gasteiger partial charge in [-0.2, -0.15) is 0 Å². The number of carbonyl (C=O) groups excluding carboxylic acids is 2. The molecule has 0 saturated carbocycles. The highest BCUT2D eigenvalue weighted by Crippen LogP contribution is 2.31. The van der Waals surface area contributed by atoms with Gasteiger partial charge in [-0.3, -0.25) is 9.59 Å². The Hall–Kier alpha value is -2.44. The van der Waals surface area contributed by atoms with Gasteiger partial charge in [0.05, 0.1) is 10.0 Å². The van der Waals surface area contributed by atoms with Crippen molar-refractivity contribution >= 4 is 35.0 Å². The molecule has 0 aliphatic carbocycles. The van der Waals surface area contributed by atoms with Gasteiger partial charge in [-0.1, -0.05) is 56.1 Å². The van der Waals surface area contributed by atoms with E-state index < -0.39 is 6.04 Å². The fraction of sp³-hybridized carbons (Fsp3) is 0.462. The van der Waals surface area contributed by atoms with Crippen molar-refractivity contribution in [2.75, 3.05) is 19.8 Å². The van der Waals surface area contributed by atoms with Crippen molar-refractivity contribution in [3.05, 3.63) is 57.6 Å². The van der Waals surface area contributed by atoms with Crippen molar-refractivity contribution in [3.8, 4) is 11.5 Å². The first-order valence-corrected chi connectivity index (χ1v) is 12.4. The van der Waals surface area contributed by atoms with Crippen molar-refractivity contribution in [1.82, 2.24) is 10.2 Å². The predicted molar refractivity (Wildman–Crippen MR) is 135 cm³/mol. The Morgan fingerprint density at radius 2 is 1.71 bits per heavy atom. The molecular formula is C26H32Cl2N2O4. The van der Waals surface area contributed by atoms with Gasteiger partial charge in [0, 0.05) is 19.5 Å². The molecule has 2 amide bonds. The van der Waals surface area contributed by atoms with Crippen LogP contribution in [0.3, 0.4) is 0 Å². The van der Waals surface area contributed by atoms with Crippen LogP contribution in [-0.2, 0) is 22.6 Å². The molecule has 2 aromatic carbocycles. The van der Waals surface area contributed by atoms with Crippen LogP contribution in [0.25, 0.3) is 0 Å². The molecule has 0 fully saturated rings. The lowest BCUT2D eigenvalue weighted by Crippen LogP contribution is -2.49. The van der Waals surface area contributed by atoms with Gasteiger partial charge in [-0.25, -0.2) is 0 Å². The number of nitrogens with zero attached hydrogens (tertiary/aromatic N) is 1. The summed E-state index contributed by atoms with van der Waals surface area (Å²) in [5.74, 6) is 1.48. The second-order valence-corrected chi connectivity index (χ2v) is 9.63. The summed E-state index contributed by atoms with van der Waals surface area (Å²) in [5.41, 5.74) is 1.79. The van der Waals surface area contributed by atoms with E-state index in [0.717, 1.165) is 16.9 Å². The zero-order valence-electron chi connectivity index (χ0n) is 19.9. The summed E-state index contributed by atoms with van der Waals surface area (Å²) in [6.45, 7) is 7.85. The number of ether oxygens (including phenoxy) is 2. The van der Waals surface area contributed by atoms with Crippen LogP contribution < -0.4 is 14.8 Å². The number of hydrogen-bond acceptors (Lipinski definition) is 4. The zero-order valence-corrected chi connectivity index (χ0v) is 21.4. The van der Waals surface area contributed by atoms with E-state index in [9.17, 15) is 9.59 Å². The van der Waals surface area contributed by atoms with E-state index in [1.807, 2.05) is 45.0 Å². The highest BCUT2D eigenvalue weighted by Gasteiger charge is 2.28. The first-order valence-electron chi connectivity index (χ1n) is 11.7. The van der Waals surface area contributed by atoms with Crippen LogP contribution in [0, 0.1) is 5.92 Å². The summed E-state index contributed by atoms with van der Waals surface area (Å²) >= 11 is 12.3. The van der Waals surface area contributed by atoms with E-state index in [0.29, 0.717) is 54.3 Å². The van der Waals surface area contributed by atoms with Crippen LogP contribution in [0.4, 0.5) is 0 Å². The third-order valence-electron chi connectivity index (χ3n) is 5.64. The Labute approximate surface area is 211 Å². The van der Waals surface area contributed by atoms with Gasteiger partial charge >= 0.3 is 0 Å². The number of halogens is 2. The summed E-state index contributed by atoms with van der Waals surface area (Å²) in [5, 5.41) is 3.84. The van der Waals surface area contributed by atoms with Gasteiger partial charge in [0.25, 0.3) is 0 Å². The van der Waals surface area contributed by atoms with E-state index >= 15 is 0 Å². The van der Waals surface area contributed by atoms with Crippen molar-refractivity contribution < 1.29 is 19.1 Å². The number of rotatable bonds is 10. The lowest BCUT2D eigenvalue weighted by Gasteiger charge is -2.31. The zero-order chi connectivity index (χ0) is 24.7. The van der Waals surface area contributed by atoms with Gasteiger partial charge < -0.3 is 19.7 Å². The van der Waals surface area contributed by atoms with Crippen LogP contribution >= 0.6 is 23.2 Å².